The van der Waals surface area contributed by atoms with Crippen LogP contribution in [0.15, 0.2) is 24.3 Å². The van der Waals surface area contributed by atoms with Gasteiger partial charge in [0.05, 0.1) is 12.2 Å². The fourth-order valence-corrected chi connectivity index (χ4v) is 1.58. The summed E-state index contributed by atoms with van der Waals surface area (Å²) in [6.07, 6.45) is 0. The van der Waals surface area contributed by atoms with E-state index < -0.39 is 0 Å². The standard InChI is InChI=1S/C16H21NO3/c1-13(2)12-20-11-9-17-16(19)15-8-4-3-6-14(15)7-5-10-18/h3-4,6,8,13,18H,9-12H2,1-2H3,(H,17,19). The third-order valence-electron chi connectivity index (χ3n) is 2.46. The first-order valence-electron chi connectivity index (χ1n) is 6.70. The predicted octanol–water partition coefficient (Wildman–Crippen LogP) is 1.43. The molecule has 0 heterocycles. The number of aliphatic hydroxyl groups is 1. The van der Waals surface area contributed by atoms with E-state index in [0.717, 1.165) is 0 Å². The highest BCUT2D eigenvalue weighted by Gasteiger charge is 2.08. The molecule has 4 heteroatoms. The van der Waals surface area contributed by atoms with E-state index in [2.05, 4.69) is 31.0 Å². The molecule has 1 amide bonds. The van der Waals surface area contributed by atoms with E-state index >= 15 is 0 Å². The van der Waals surface area contributed by atoms with Crippen molar-refractivity contribution in [1.29, 1.82) is 0 Å². The second-order valence-corrected chi connectivity index (χ2v) is 4.73. The molecule has 0 saturated heterocycles. The SMILES string of the molecule is CC(C)COCCNC(=O)c1ccccc1C#CCO. The summed E-state index contributed by atoms with van der Waals surface area (Å²) in [6.45, 7) is 5.58. The summed E-state index contributed by atoms with van der Waals surface area (Å²) in [6, 6.07) is 7.07. The molecule has 1 rings (SSSR count). The van der Waals surface area contributed by atoms with Crippen LogP contribution in [0.25, 0.3) is 0 Å². The van der Waals surface area contributed by atoms with Gasteiger partial charge >= 0.3 is 0 Å². The highest BCUT2D eigenvalue weighted by atomic mass is 16.5. The molecule has 1 aromatic carbocycles. The summed E-state index contributed by atoms with van der Waals surface area (Å²) in [5.74, 6) is 5.62. The largest absolute Gasteiger partial charge is 0.384 e. The van der Waals surface area contributed by atoms with Crippen molar-refractivity contribution in [2.24, 2.45) is 5.92 Å². The van der Waals surface area contributed by atoms with E-state index in [9.17, 15) is 4.79 Å². The van der Waals surface area contributed by atoms with Gasteiger partial charge in [-0.15, -0.1) is 0 Å². The Bertz CT molecular complexity index is 486. The van der Waals surface area contributed by atoms with E-state index in [4.69, 9.17) is 9.84 Å². The highest BCUT2D eigenvalue weighted by Crippen LogP contribution is 2.06. The molecule has 1 aromatic rings. The normalized spacial score (nSPS) is 10.0. The molecule has 20 heavy (non-hydrogen) atoms. The molecule has 2 N–H and O–H groups in total. The van der Waals surface area contributed by atoms with Crippen molar-refractivity contribution in [3.8, 4) is 11.8 Å². The molecule has 0 fully saturated rings. The second kappa shape index (κ2) is 9.13. The fraction of sp³-hybridized carbons (Fsp3) is 0.438. The minimum Gasteiger partial charge on any atom is -0.384 e. The topological polar surface area (TPSA) is 58.6 Å². The van der Waals surface area contributed by atoms with Crippen molar-refractivity contribution >= 4 is 5.91 Å². The molecular weight excluding hydrogens is 254 g/mol. The Kier molecular flexibility index (Phi) is 7.41. The van der Waals surface area contributed by atoms with Crippen molar-refractivity contribution in [3.05, 3.63) is 35.4 Å². The minimum absolute atomic E-state index is 0.180. The number of aliphatic hydroxyl groups excluding tert-OH is 1. The lowest BCUT2D eigenvalue weighted by molar-refractivity contribution is 0.0886. The number of hydrogen-bond acceptors (Lipinski definition) is 3. The molecule has 0 saturated carbocycles. The van der Waals surface area contributed by atoms with Gasteiger partial charge in [0.1, 0.15) is 6.61 Å². The first kappa shape index (κ1) is 16.2. The minimum atomic E-state index is -0.223. The number of hydrogen-bond donors (Lipinski definition) is 2. The summed E-state index contributed by atoms with van der Waals surface area (Å²) < 4.78 is 5.40. The van der Waals surface area contributed by atoms with Crippen molar-refractivity contribution in [2.75, 3.05) is 26.4 Å². The van der Waals surface area contributed by atoms with Crippen LogP contribution in [-0.2, 0) is 4.74 Å². The molecule has 0 radical (unpaired) electrons. The van der Waals surface area contributed by atoms with Gasteiger partial charge in [-0.05, 0) is 18.1 Å². The maximum absolute atomic E-state index is 12.0. The van der Waals surface area contributed by atoms with Gasteiger partial charge in [0.25, 0.3) is 5.91 Å². The molecule has 0 aliphatic heterocycles. The van der Waals surface area contributed by atoms with E-state index in [-0.39, 0.29) is 12.5 Å². The molecule has 0 bridgehead atoms. The lowest BCUT2D eigenvalue weighted by Gasteiger charge is -2.09. The van der Waals surface area contributed by atoms with Gasteiger partial charge in [-0.3, -0.25) is 4.79 Å². The van der Waals surface area contributed by atoms with Crippen LogP contribution >= 0.6 is 0 Å². The van der Waals surface area contributed by atoms with E-state index in [1.165, 1.54) is 0 Å². The van der Waals surface area contributed by atoms with Gasteiger partial charge in [0.15, 0.2) is 0 Å². The average molecular weight is 275 g/mol. The number of ether oxygens (including phenoxy) is 1. The Morgan fingerprint density at radius 3 is 2.85 bits per heavy atom. The van der Waals surface area contributed by atoms with Crippen molar-refractivity contribution in [3.63, 3.8) is 0 Å². The van der Waals surface area contributed by atoms with Gasteiger partial charge in [0, 0.05) is 18.7 Å². The van der Waals surface area contributed by atoms with Gasteiger partial charge in [-0.1, -0.05) is 37.8 Å². The van der Waals surface area contributed by atoms with Crippen LogP contribution in [0, 0.1) is 17.8 Å². The van der Waals surface area contributed by atoms with Crippen molar-refractivity contribution in [2.45, 2.75) is 13.8 Å². The van der Waals surface area contributed by atoms with Gasteiger partial charge < -0.3 is 15.2 Å². The lowest BCUT2D eigenvalue weighted by atomic mass is 10.1. The maximum atomic E-state index is 12.0. The first-order valence-corrected chi connectivity index (χ1v) is 6.70. The maximum Gasteiger partial charge on any atom is 0.252 e. The van der Waals surface area contributed by atoms with Crippen molar-refractivity contribution < 1.29 is 14.6 Å². The number of carbonyl (C=O) groups excluding carboxylic acids is 1. The zero-order chi connectivity index (χ0) is 14.8. The van der Waals surface area contributed by atoms with Crippen molar-refractivity contribution in [1.82, 2.24) is 5.32 Å². The summed E-state index contributed by atoms with van der Waals surface area (Å²) in [4.78, 5) is 12.0. The Morgan fingerprint density at radius 1 is 1.40 bits per heavy atom. The third kappa shape index (κ3) is 5.87. The highest BCUT2D eigenvalue weighted by molar-refractivity contribution is 5.96. The van der Waals surface area contributed by atoms with E-state index in [1.807, 2.05) is 6.07 Å². The Labute approximate surface area is 120 Å². The van der Waals surface area contributed by atoms with E-state index in [1.54, 1.807) is 18.2 Å². The third-order valence-corrected chi connectivity index (χ3v) is 2.46. The van der Waals surface area contributed by atoms with Crippen LogP contribution in [0.2, 0.25) is 0 Å². The summed E-state index contributed by atoms with van der Waals surface area (Å²) in [7, 11) is 0. The molecule has 0 aliphatic carbocycles. The summed E-state index contributed by atoms with van der Waals surface area (Å²) >= 11 is 0. The Hall–Kier alpha value is -1.83. The molecular formula is C16H21NO3. The number of benzene rings is 1. The van der Waals surface area contributed by atoms with E-state index in [0.29, 0.717) is 36.8 Å². The van der Waals surface area contributed by atoms with Crippen LogP contribution in [0.4, 0.5) is 0 Å². The zero-order valence-corrected chi connectivity index (χ0v) is 12.0. The summed E-state index contributed by atoms with van der Waals surface area (Å²) in [5, 5.41) is 11.5. The zero-order valence-electron chi connectivity index (χ0n) is 12.0. The molecule has 0 spiro atoms. The summed E-state index contributed by atoms with van der Waals surface area (Å²) in [5.41, 5.74) is 1.12. The number of nitrogens with one attached hydrogen (secondary N) is 1. The first-order chi connectivity index (χ1) is 9.65. The quantitative estimate of drug-likeness (QED) is 0.610. The number of amides is 1. The smallest absolute Gasteiger partial charge is 0.252 e. The molecule has 0 aliphatic rings. The molecule has 0 aromatic heterocycles. The number of carbonyl (C=O) groups is 1. The van der Waals surface area contributed by atoms with Crippen LogP contribution < -0.4 is 5.32 Å². The monoisotopic (exact) mass is 275 g/mol. The molecule has 0 atom stereocenters. The molecule has 4 nitrogen and oxygen atoms in total. The fourth-order valence-electron chi connectivity index (χ4n) is 1.58. The predicted molar refractivity (Wildman–Crippen MR) is 78.4 cm³/mol. The Morgan fingerprint density at radius 2 is 2.15 bits per heavy atom. The van der Waals surface area contributed by atoms with Gasteiger partial charge in [-0.25, -0.2) is 0 Å². The van der Waals surface area contributed by atoms with Crippen LogP contribution in [0.5, 0.6) is 0 Å². The number of rotatable bonds is 6. The van der Waals surface area contributed by atoms with Crippen LogP contribution in [0.1, 0.15) is 29.8 Å². The lowest BCUT2D eigenvalue weighted by Crippen LogP contribution is -2.28. The van der Waals surface area contributed by atoms with Crippen LogP contribution in [-0.4, -0.2) is 37.4 Å². The van der Waals surface area contributed by atoms with Crippen LogP contribution in [0.3, 0.4) is 0 Å². The van der Waals surface area contributed by atoms with Gasteiger partial charge in [0.2, 0.25) is 0 Å². The average Bonchev–Trinajstić information content (AvgIpc) is 2.44. The second-order valence-electron chi connectivity index (χ2n) is 4.73. The molecule has 0 unspecified atom stereocenters. The molecule has 108 valence electrons. The van der Waals surface area contributed by atoms with Gasteiger partial charge in [-0.2, -0.15) is 0 Å². The Balaban J connectivity index is 2.51.